The molecule has 0 unspecified atom stereocenters. The van der Waals surface area contributed by atoms with Crippen molar-refractivity contribution in [2.75, 3.05) is 18.8 Å². The molecule has 35 heavy (non-hydrogen) atoms. The summed E-state index contributed by atoms with van der Waals surface area (Å²) >= 11 is 1.54. The van der Waals surface area contributed by atoms with Crippen molar-refractivity contribution >= 4 is 34.0 Å². The topological polar surface area (TPSA) is 116 Å². The van der Waals surface area contributed by atoms with Crippen LogP contribution in [0.2, 0.25) is 0 Å². The number of aryl methyl sites for hydroxylation is 1. The fourth-order valence-corrected chi connectivity index (χ4v) is 5.81. The number of carbonyl (C=O) groups is 1. The fourth-order valence-electron chi connectivity index (χ4n) is 4.69. The maximum atomic E-state index is 14.8. The monoisotopic (exact) mass is 487 g/mol. The zero-order valence-electron chi connectivity index (χ0n) is 19.0. The quantitative estimate of drug-likeness (QED) is 0.378. The number of pyridine rings is 1. The molecule has 0 radical (unpaired) electrons. The van der Waals surface area contributed by atoms with Crippen LogP contribution >= 0.6 is 11.3 Å². The first-order valence-electron chi connectivity index (χ1n) is 11.2. The molecule has 5 rings (SSSR count). The van der Waals surface area contributed by atoms with E-state index < -0.39 is 11.9 Å². The lowest BCUT2D eigenvalue weighted by atomic mass is 9.92. The first-order chi connectivity index (χ1) is 16.9. The molecule has 1 aliphatic heterocycles. The van der Waals surface area contributed by atoms with Gasteiger partial charge in [-0.15, -0.1) is 11.3 Å². The smallest absolute Gasteiger partial charge is 0.407 e. The predicted octanol–water partition coefficient (Wildman–Crippen LogP) is 5.78. The molecule has 0 atom stereocenters. The first-order valence-corrected chi connectivity index (χ1v) is 12.0. The number of nitrogens with two attached hydrogens (primary N) is 1. The Kier molecular flexibility index (Phi) is 5.83. The highest BCUT2D eigenvalue weighted by Crippen LogP contribution is 2.41. The normalized spacial score (nSPS) is 14.3. The van der Waals surface area contributed by atoms with E-state index in [9.17, 15) is 19.6 Å². The van der Waals surface area contributed by atoms with Gasteiger partial charge in [-0.3, -0.25) is 0 Å². The number of likely N-dealkylation sites (tertiary alicyclic amines) is 1. The van der Waals surface area contributed by atoms with Crippen molar-refractivity contribution < 1.29 is 14.3 Å². The highest BCUT2D eigenvalue weighted by Gasteiger charge is 2.26. The van der Waals surface area contributed by atoms with E-state index in [0.717, 1.165) is 39.2 Å². The summed E-state index contributed by atoms with van der Waals surface area (Å²) in [7, 11) is 0. The van der Waals surface area contributed by atoms with E-state index >= 15 is 0 Å². The van der Waals surface area contributed by atoms with Gasteiger partial charge in [-0.1, -0.05) is 12.1 Å². The molecular formula is C26H22FN5O2S. The minimum atomic E-state index is -0.889. The molecule has 1 aliphatic rings. The molecule has 1 amide bonds. The van der Waals surface area contributed by atoms with Crippen LogP contribution in [0.5, 0.6) is 0 Å². The number of hydrogen-bond donors (Lipinski definition) is 2. The number of nitrogens with zero attached hydrogens (tertiary/aromatic N) is 4. The Morgan fingerprint density at radius 1 is 1.20 bits per heavy atom. The van der Waals surface area contributed by atoms with Crippen molar-refractivity contribution in [1.29, 1.82) is 5.26 Å². The molecule has 176 valence electrons. The number of rotatable bonds is 3. The van der Waals surface area contributed by atoms with E-state index in [1.54, 1.807) is 35.9 Å². The van der Waals surface area contributed by atoms with Gasteiger partial charge in [-0.25, -0.2) is 19.2 Å². The largest absolute Gasteiger partial charge is 0.465 e. The summed E-state index contributed by atoms with van der Waals surface area (Å²) in [6.07, 6.45) is 4.04. The molecule has 0 aliphatic carbocycles. The standard InChI is InChI=1S/C26H22FN5O2S/c1-14-3-2-4-21(27)23(14)17-10-18-19(9-16(17)11-28)24(29)30-12-20(18)22-13-31-25(35-22)15-5-7-32(8-6-15)26(33)34/h2-4,9-10,12-13,15H,5-8H2,1H3,(H2,29,30)(H,33,34). The van der Waals surface area contributed by atoms with E-state index in [1.807, 2.05) is 19.1 Å². The number of carboxylic acid groups (broad SMARTS) is 1. The lowest BCUT2D eigenvalue weighted by Gasteiger charge is -2.28. The molecule has 1 fully saturated rings. The Morgan fingerprint density at radius 3 is 2.66 bits per heavy atom. The lowest BCUT2D eigenvalue weighted by Crippen LogP contribution is -2.36. The maximum Gasteiger partial charge on any atom is 0.407 e. The minimum absolute atomic E-state index is 0.194. The zero-order chi connectivity index (χ0) is 24.7. The highest BCUT2D eigenvalue weighted by molar-refractivity contribution is 7.15. The number of nitriles is 1. The summed E-state index contributed by atoms with van der Waals surface area (Å²) in [6.45, 7) is 2.80. The molecule has 1 saturated heterocycles. The van der Waals surface area contributed by atoms with Crippen molar-refractivity contribution in [1.82, 2.24) is 14.9 Å². The van der Waals surface area contributed by atoms with Gasteiger partial charge >= 0.3 is 6.09 Å². The number of piperidine rings is 1. The fraction of sp³-hybridized carbons (Fsp3) is 0.231. The molecule has 3 heterocycles. The van der Waals surface area contributed by atoms with Crippen LogP contribution in [0.4, 0.5) is 15.0 Å². The Labute approximate surface area is 205 Å². The summed E-state index contributed by atoms with van der Waals surface area (Å²) < 4.78 is 14.8. The number of thiazole rings is 1. The Balaban J connectivity index is 1.60. The minimum Gasteiger partial charge on any atom is -0.465 e. The van der Waals surface area contributed by atoms with Gasteiger partial charge in [0.15, 0.2) is 0 Å². The van der Waals surface area contributed by atoms with Crippen molar-refractivity contribution in [3.05, 3.63) is 64.7 Å². The summed E-state index contributed by atoms with van der Waals surface area (Å²) in [4.78, 5) is 22.5. The molecule has 3 N–H and O–H groups in total. The number of hydrogen-bond acceptors (Lipinski definition) is 6. The lowest BCUT2D eigenvalue weighted by molar-refractivity contribution is 0.132. The van der Waals surface area contributed by atoms with Gasteiger partial charge in [-0.05, 0) is 48.9 Å². The van der Waals surface area contributed by atoms with Gasteiger partial charge in [0.05, 0.1) is 21.5 Å². The number of fused-ring (bicyclic) bond motifs is 1. The van der Waals surface area contributed by atoms with Gasteiger partial charge < -0.3 is 15.7 Å². The number of benzene rings is 2. The Morgan fingerprint density at radius 2 is 1.97 bits per heavy atom. The number of aromatic nitrogens is 2. The van der Waals surface area contributed by atoms with Crippen molar-refractivity contribution in [2.45, 2.75) is 25.7 Å². The first kappa shape index (κ1) is 22.7. The van der Waals surface area contributed by atoms with E-state index in [-0.39, 0.29) is 5.92 Å². The van der Waals surface area contributed by atoms with E-state index in [1.165, 1.54) is 11.0 Å². The van der Waals surface area contributed by atoms with E-state index in [0.29, 0.717) is 41.0 Å². The number of anilines is 1. The third-order valence-electron chi connectivity index (χ3n) is 6.57. The molecule has 2 aromatic heterocycles. The second-order valence-electron chi connectivity index (χ2n) is 8.65. The van der Waals surface area contributed by atoms with Crippen LogP contribution in [0.15, 0.2) is 42.7 Å². The molecule has 2 aromatic carbocycles. The van der Waals surface area contributed by atoms with E-state index in [2.05, 4.69) is 16.0 Å². The van der Waals surface area contributed by atoms with Crippen LogP contribution in [0.1, 0.15) is 34.9 Å². The molecule has 7 nitrogen and oxygen atoms in total. The van der Waals surface area contributed by atoms with Gasteiger partial charge in [0, 0.05) is 53.5 Å². The summed E-state index contributed by atoms with van der Waals surface area (Å²) in [6, 6.07) is 10.5. The van der Waals surface area contributed by atoms with Crippen molar-refractivity contribution in [2.24, 2.45) is 0 Å². The Hall–Kier alpha value is -4.03. The molecule has 0 saturated carbocycles. The zero-order valence-corrected chi connectivity index (χ0v) is 19.8. The molecule has 0 spiro atoms. The second kappa shape index (κ2) is 8.96. The van der Waals surface area contributed by atoms with Crippen LogP contribution in [-0.4, -0.2) is 39.2 Å². The number of amides is 1. The average Bonchev–Trinajstić information content (AvgIpc) is 3.34. The SMILES string of the molecule is Cc1cccc(F)c1-c1cc2c(-c3cnc(C4CCN(C(=O)O)CC4)s3)cnc(N)c2cc1C#N. The summed E-state index contributed by atoms with van der Waals surface area (Å²) in [5.74, 6) is 0.0965. The van der Waals surface area contributed by atoms with Crippen LogP contribution in [-0.2, 0) is 0 Å². The molecule has 4 aromatic rings. The average molecular weight is 488 g/mol. The summed E-state index contributed by atoms with van der Waals surface area (Å²) in [5, 5.41) is 21.4. The predicted molar refractivity (Wildman–Crippen MR) is 134 cm³/mol. The van der Waals surface area contributed by atoms with Crippen LogP contribution in [0.3, 0.4) is 0 Å². The summed E-state index contributed by atoms with van der Waals surface area (Å²) in [5.41, 5.74) is 8.94. The molecule has 0 bridgehead atoms. The van der Waals surface area contributed by atoms with Gasteiger partial charge in [0.25, 0.3) is 0 Å². The van der Waals surface area contributed by atoms with Crippen LogP contribution in [0, 0.1) is 24.1 Å². The highest BCUT2D eigenvalue weighted by atomic mass is 32.1. The second-order valence-corrected chi connectivity index (χ2v) is 9.71. The van der Waals surface area contributed by atoms with Crippen molar-refractivity contribution in [3.8, 4) is 27.6 Å². The molecular weight excluding hydrogens is 465 g/mol. The maximum absolute atomic E-state index is 14.8. The van der Waals surface area contributed by atoms with Gasteiger partial charge in [0.1, 0.15) is 11.6 Å². The van der Waals surface area contributed by atoms with Crippen molar-refractivity contribution in [3.63, 3.8) is 0 Å². The van der Waals surface area contributed by atoms with Crippen LogP contribution < -0.4 is 5.73 Å². The number of nitrogen functional groups attached to an aromatic ring is 1. The van der Waals surface area contributed by atoms with Crippen LogP contribution in [0.25, 0.3) is 32.3 Å². The molecule has 9 heteroatoms. The third kappa shape index (κ3) is 4.06. The van der Waals surface area contributed by atoms with Gasteiger partial charge in [0.2, 0.25) is 0 Å². The Bertz CT molecular complexity index is 1480. The van der Waals surface area contributed by atoms with E-state index in [4.69, 9.17) is 5.73 Å². The third-order valence-corrected chi connectivity index (χ3v) is 7.77. The number of halogens is 1. The van der Waals surface area contributed by atoms with Gasteiger partial charge in [-0.2, -0.15) is 5.26 Å².